The SMILES string of the molecule is COc1ccc(CCN)cc1OCCOc1cc(C)ccc1C. The summed E-state index contributed by atoms with van der Waals surface area (Å²) in [7, 11) is 1.64. The van der Waals surface area contributed by atoms with Crippen LogP contribution in [0.3, 0.4) is 0 Å². The summed E-state index contributed by atoms with van der Waals surface area (Å²) in [6.07, 6.45) is 0.819. The van der Waals surface area contributed by atoms with Crippen LogP contribution in [0.1, 0.15) is 16.7 Å². The largest absolute Gasteiger partial charge is 0.493 e. The van der Waals surface area contributed by atoms with Crippen LogP contribution in [0.4, 0.5) is 0 Å². The molecule has 2 N–H and O–H groups in total. The Morgan fingerprint density at radius 3 is 2.30 bits per heavy atom. The molecule has 0 saturated carbocycles. The van der Waals surface area contributed by atoms with Gasteiger partial charge in [0.05, 0.1) is 7.11 Å². The van der Waals surface area contributed by atoms with Crippen LogP contribution in [0, 0.1) is 13.8 Å². The second-order valence-corrected chi connectivity index (χ2v) is 5.49. The molecule has 0 fully saturated rings. The van der Waals surface area contributed by atoms with Gasteiger partial charge in [-0.3, -0.25) is 0 Å². The third-order valence-corrected chi connectivity index (χ3v) is 3.60. The zero-order valence-corrected chi connectivity index (χ0v) is 14.1. The Morgan fingerprint density at radius 1 is 0.870 bits per heavy atom. The Kier molecular flexibility index (Phi) is 6.29. The van der Waals surface area contributed by atoms with Gasteiger partial charge >= 0.3 is 0 Å². The van der Waals surface area contributed by atoms with Gasteiger partial charge in [-0.05, 0) is 61.7 Å². The number of hydrogen-bond donors (Lipinski definition) is 1. The molecule has 0 atom stereocenters. The van der Waals surface area contributed by atoms with Crippen LogP contribution in [0.15, 0.2) is 36.4 Å². The lowest BCUT2D eigenvalue weighted by atomic mass is 10.1. The summed E-state index contributed by atoms with van der Waals surface area (Å²) in [6.45, 7) is 5.64. The Hall–Kier alpha value is -2.20. The monoisotopic (exact) mass is 315 g/mol. The Balaban J connectivity index is 1.92. The molecule has 124 valence electrons. The number of ether oxygens (including phenoxy) is 3. The maximum atomic E-state index is 5.82. The van der Waals surface area contributed by atoms with Gasteiger partial charge in [0.25, 0.3) is 0 Å². The zero-order valence-electron chi connectivity index (χ0n) is 14.1. The van der Waals surface area contributed by atoms with Crippen LogP contribution < -0.4 is 19.9 Å². The van der Waals surface area contributed by atoms with E-state index in [0.717, 1.165) is 34.8 Å². The summed E-state index contributed by atoms with van der Waals surface area (Å²) >= 11 is 0. The molecule has 2 aromatic rings. The molecular weight excluding hydrogens is 290 g/mol. The highest BCUT2D eigenvalue weighted by Crippen LogP contribution is 2.28. The van der Waals surface area contributed by atoms with Crippen molar-refractivity contribution < 1.29 is 14.2 Å². The molecule has 23 heavy (non-hydrogen) atoms. The molecule has 0 aliphatic carbocycles. The van der Waals surface area contributed by atoms with Crippen molar-refractivity contribution in [3.63, 3.8) is 0 Å². The van der Waals surface area contributed by atoms with Crippen molar-refractivity contribution in [3.8, 4) is 17.2 Å². The molecule has 4 nitrogen and oxygen atoms in total. The van der Waals surface area contributed by atoms with Gasteiger partial charge in [0, 0.05) is 0 Å². The maximum absolute atomic E-state index is 5.82. The van der Waals surface area contributed by atoms with Crippen LogP contribution in [-0.4, -0.2) is 26.9 Å². The third kappa shape index (κ3) is 4.89. The molecule has 0 radical (unpaired) electrons. The first-order chi connectivity index (χ1) is 11.1. The zero-order chi connectivity index (χ0) is 16.7. The van der Waals surface area contributed by atoms with Crippen LogP contribution in [0.25, 0.3) is 0 Å². The van der Waals surface area contributed by atoms with E-state index in [2.05, 4.69) is 19.1 Å². The van der Waals surface area contributed by atoms with E-state index in [9.17, 15) is 0 Å². The first-order valence-corrected chi connectivity index (χ1v) is 7.84. The number of methoxy groups -OCH3 is 1. The Morgan fingerprint density at radius 2 is 1.61 bits per heavy atom. The summed E-state index contributed by atoms with van der Waals surface area (Å²) in [6, 6.07) is 12.1. The van der Waals surface area contributed by atoms with Crippen LogP contribution in [0.5, 0.6) is 17.2 Å². The minimum Gasteiger partial charge on any atom is -0.493 e. The van der Waals surface area contributed by atoms with E-state index in [1.165, 1.54) is 5.56 Å². The van der Waals surface area contributed by atoms with E-state index in [-0.39, 0.29) is 0 Å². The third-order valence-electron chi connectivity index (χ3n) is 3.60. The van der Waals surface area contributed by atoms with Crippen molar-refractivity contribution >= 4 is 0 Å². The first kappa shape index (κ1) is 17.2. The molecule has 0 bridgehead atoms. The second-order valence-electron chi connectivity index (χ2n) is 5.49. The average Bonchev–Trinajstić information content (AvgIpc) is 2.55. The van der Waals surface area contributed by atoms with E-state index in [1.807, 2.05) is 31.2 Å². The van der Waals surface area contributed by atoms with E-state index in [4.69, 9.17) is 19.9 Å². The fraction of sp³-hybridized carbons (Fsp3) is 0.368. The van der Waals surface area contributed by atoms with Crippen molar-refractivity contribution in [1.29, 1.82) is 0 Å². The van der Waals surface area contributed by atoms with Crippen molar-refractivity contribution in [2.75, 3.05) is 26.9 Å². The quantitative estimate of drug-likeness (QED) is 0.760. The Labute approximate surface area is 138 Å². The van der Waals surface area contributed by atoms with Crippen molar-refractivity contribution in [2.45, 2.75) is 20.3 Å². The highest BCUT2D eigenvalue weighted by atomic mass is 16.5. The summed E-state index contributed by atoms with van der Waals surface area (Å²) < 4.78 is 17.0. The minimum absolute atomic E-state index is 0.454. The summed E-state index contributed by atoms with van der Waals surface area (Å²) in [5.41, 5.74) is 9.05. The van der Waals surface area contributed by atoms with Gasteiger partial charge in [-0.2, -0.15) is 0 Å². The minimum atomic E-state index is 0.454. The average molecular weight is 315 g/mol. The molecule has 0 heterocycles. The van der Waals surface area contributed by atoms with Crippen molar-refractivity contribution in [2.24, 2.45) is 5.73 Å². The number of hydrogen-bond acceptors (Lipinski definition) is 4. The molecule has 0 amide bonds. The molecular formula is C19H25NO3. The van der Waals surface area contributed by atoms with Gasteiger partial charge in [0.15, 0.2) is 11.5 Å². The smallest absolute Gasteiger partial charge is 0.161 e. The molecule has 0 unspecified atom stereocenters. The van der Waals surface area contributed by atoms with E-state index in [0.29, 0.717) is 19.8 Å². The first-order valence-electron chi connectivity index (χ1n) is 7.84. The highest BCUT2D eigenvalue weighted by molar-refractivity contribution is 5.43. The number of nitrogens with two attached hydrogens (primary N) is 1. The molecule has 0 spiro atoms. The van der Waals surface area contributed by atoms with Gasteiger partial charge < -0.3 is 19.9 Å². The fourth-order valence-electron chi connectivity index (χ4n) is 2.32. The molecule has 0 aliphatic rings. The lowest BCUT2D eigenvalue weighted by molar-refractivity contribution is 0.210. The van der Waals surface area contributed by atoms with Gasteiger partial charge in [-0.25, -0.2) is 0 Å². The predicted molar refractivity (Wildman–Crippen MR) is 92.7 cm³/mol. The fourth-order valence-corrected chi connectivity index (χ4v) is 2.32. The van der Waals surface area contributed by atoms with E-state index >= 15 is 0 Å². The predicted octanol–water partition coefficient (Wildman–Crippen LogP) is 3.27. The van der Waals surface area contributed by atoms with Gasteiger partial charge in [-0.15, -0.1) is 0 Å². The molecule has 0 aliphatic heterocycles. The summed E-state index contributed by atoms with van der Waals surface area (Å²) in [5, 5.41) is 0. The van der Waals surface area contributed by atoms with Crippen molar-refractivity contribution in [1.82, 2.24) is 0 Å². The standard InChI is InChI=1S/C19H25NO3/c1-14-4-5-15(2)18(12-14)22-10-11-23-19-13-16(8-9-20)6-7-17(19)21-3/h4-7,12-13H,8-11,20H2,1-3H3. The van der Waals surface area contributed by atoms with Gasteiger partial charge in [-0.1, -0.05) is 18.2 Å². The lowest BCUT2D eigenvalue weighted by Gasteiger charge is -2.14. The summed E-state index contributed by atoms with van der Waals surface area (Å²) in [5.74, 6) is 2.35. The van der Waals surface area contributed by atoms with E-state index < -0.39 is 0 Å². The van der Waals surface area contributed by atoms with E-state index in [1.54, 1.807) is 7.11 Å². The van der Waals surface area contributed by atoms with Gasteiger partial charge in [0.1, 0.15) is 19.0 Å². The molecule has 0 saturated heterocycles. The van der Waals surface area contributed by atoms with Crippen molar-refractivity contribution in [3.05, 3.63) is 53.1 Å². The maximum Gasteiger partial charge on any atom is 0.161 e. The second kappa shape index (κ2) is 8.44. The topological polar surface area (TPSA) is 53.7 Å². The summed E-state index contributed by atoms with van der Waals surface area (Å²) in [4.78, 5) is 0. The highest BCUT2D eigenvalue weighted by Gasteiger charge is 2.06. The van der Waals surface area contributed by atoms with Crippen LogP contribution >= 0.6 is 0 Å². The normalized spacial score (nSPS) is 10.4. The van der Waals surface area contributed by atoms with Gasteiger partial charge in [0.2, 0.25) is 0 Å². The number of rotatable bonds is 8. The Bertz CT molecular complexity index is 641. The molecule has 4 heteroatoms. The molecule has 0 aromatic heterocycles. The number of benzene rings is 2. The molecule has 2 rings (SSSR count). The van der Waals surface area contributed by atoms with Crippen LogP contribution in [0.2, 0.25) is 0 Å². The number of aryl methyl sites for hydroxylation is 2. The molecule has 2 aromatic carbocycles. The lowest BCUT2D eigenvalue weighted by Crippen LogP contribution is -2.10. The van der Waals surface area contributed by atoms with Crippen LogP contribution in [-0.2, 0) is 6.42 Å².